The molecule has 4 rings (SSSR count). The number of β-amino-alcohol motifs (C(OH)–C–C–N with tert-alkyl or cyclic N) is 1. The highest BCUT2D eigenvalue weighted by molar-refractivity contribution is 5.52. The van der Waals surface area contributed by atoms with Gasteiger partial charge in [-0.2, -0.15) is 0 Å². The molecule has 2 saturated heterocycles. The highest BCUT2D eigenvalue weighted by Crippen LogP contribution is 2.40. The van der Waals surface area contributed by atoms with Gasteiger partial charge in [-0.3, -0.25) is 9.80 Å². The third kappa shape index (κ3) is 5.28. The number of rotatable bonds is 5. The predicted molar refractivity (Wildman–Crippen MR) is 123 cm³/mol. The van der Waals surface area contributed by atoms with Crippen LogP contribution in [0.5, 0.6) is 0 Å². The zero-order valence-corrected chi connectivity index (χ0v) is 18.0. The van der Waals surface area contributed by atoms with E-state index >= 15 is 0 Å². The van der Waals surface area contributed by atoms with Crippen LogP contribution in [0.25, 0.3) is 6.08 Å². The van der Waals surface area contributed by atoms with Crippen molar-refractivity contribution in [3.8, 4) is 0 Å². The highest BCUT2D eigenvalue weighted by atomic mass is 16.3. The Labute approximate surface area is 180 Å². The summed E-state index contributed by atoms with van der Waals surface area (Å²) in [6.07, 6.45) is 6.95. The fourth-order valence-electron chi connectivity index (χ4n) is 5.19. The minimum atomic E-state index is -0.261. The molecule has 5 heteroatoms. The number of piperidine rings is 2. The fraction of sp³-hybridized carbons (Fsp3) is 0.480. The summed E-state index contributed by atoms with van der Waals surface area (Å²) in [6, 6.07) is 14.5. The van der Waals surface area contributed by atoms with Crippen molar-refractivity contribution in [2.75, 3.05) is 38.5 Å². The van der Waals surface area contributed by atoms with Crippen LogP contribution in [-0.2, 0) is 6.54 Å². The number of nitrogens with two attached hydrogens (primary N) is 1. The molecule has 1 atom stereocenters. The number of aromatic nitrogens is 1. The first-order valence-corrected chi connectivity index (χ1v) is 11.1. The summed E-state index contributed by atoms with van der Waals surface area (Å²) < 4.78 is 0. The van der Waals surface area contributed by atoms with Crippen molar-refractivity contribution in [2.24, 2.45) is 5.41 Å². The van der Waals surface area contributed by atoms with E-state index < -0.39 is 0 Å². The third-order valence-electron chi connectivity index (χ3n) is 6.62. The number of likely N-dealkylation sites (tertiary alicyclic amines) is 2. The number of nitrogen functional groups attached to an aromatic ring is 1. The lowest BCUT2D eigenvalue weighted by Crippen LogP contribution is -2.53. The Morgan fingerprint density at radius 2 is 1.93 bits per heavy atom. The third-order valence-corrected chi connectivity index (χ3v) is 6.62. The molecule has 2 fully saturated rings. The van der Waals surface area contributed by atoms with Gasteiger partial charge in [0.1, 0.15) is 5.82 Å². The molecule has 2 aliphatic rings. The van der Waals surface area contributed by atoms with E-state index in [1.165, 1.54) is 11.1 Å². The van der Waals surface area contributed by atoms with Gasteiger partial charge < -0.3 is 10.8 Å². The van der Waals surface area contributed by atoms with Crippen molar-refractivity contribution in [3.05, 3.63) is 65.4 Å². The summed E-state index contributed by atoms with van der Waals surface area (Å²) in [5, 5.41) is 10.6. The Bertz CT molecular complexity index is 858. The molecule has 3 heterocycles. The first-order valence-electron chi connectivity index (χ1n) is 11.1. The van der Waals surface area contributed by atoms with Crippen molar-refractivity contribution in [1.29, 1.82) is 0 Å². The zero-order valence-electron chi connectivity index (χ0n) is 18.0. The monoisotopic (exact) mass is 406 g/mol. The van der Waals surface area contributed by atoms with Crippen LogP contribution < -0.4 is 5.73 Å². The van der Waals surface area contributed by atoms with Gasteiger partial charge >= 0.3 is 0 Å². The molecule has 1 aromatic carbocycles. The standard InChI is InChI=1S/C25H34N4O/c1-20(14-21-6-3-2-4-7-21)16-28-12-9-25(10-13-28)15-23(30)18-29(19-25)17-22-8-5-11-27-24(22)26/h2-8,11,14,23,30H,9-10,12-13,15-19H2,1H3,(H2,26,27)/b20-14+. The molecular formula is C25H34N4O. The van der Waals surface area contributed by atoms with E-state index in [0.717, 1.165) is 64.1 Å². The Hall–Kier alpha value is -2.21. The molecule has 3 N–H and O–H groups in total. The lowest BCUT2D eigenvalue weighted by molar-refractivity contribution is -0.0425. The Morgan fingerprint density at radius 1 is 1.17 bits per heavy atom. The average molecular weight is 407 g/mol. The summed E-state index contributed by atoms with van der Waals surface area (Å²) in [4.78, 5) is 9.14. The van der Waals surface area contributed by atoms with Crippen molar-refractivity contribution < 1.29 is 5.11 Å². The molecule has 2 aromatic rings. The molecule has 1 spiro atoms. The van der Waals surface area contributed by atoms with E-state index in [1.54, 1.807) is 6.20 Å². The van der Waals surface area contributed by atoms with Crippen LogP contribution in [0.4, 0.5) is 5.82 Å². The van der Waals surface area contributed by atoms with E-state index in [0.29, 0.717) is 5.82 Å². The molecular weight excluding hydrogens is 372 g/mol. The molecule has 1 unspecified atom stereocenters. The maximum atomic E-state index is 10.6. The molecule has 2 aliphatic heterocycles. The van der Waals surface area contributed by atoms with Crippen molar-refractivity contribution in [2.45, 2.75) is 38.8 Å². The summed E-state index contributed by atoms with van der Waals surface area (Å²) in [6.45, 7) is 7.95. The van der Waals surface area contributed by atoms with Crippen LogP contribution in [-0.4, -0.2) is 58.7 Å². The largest absolute Gasteiger partial charge is 0.392 e. The molecule has 5 nitrogen and oxygen atoms in total. The number of hydrogen-bond donors (Lipinski definition) is 2. The fourth-order valence-corrected chi connectivity index (χ4v) is 5.19. The quantitative estimate of drug-likeness (QED) is 0.797. The minimum absolute atomic E-state index is 0.211. The van der Waals surface area contributed by atoms with Gasteiger partial charge in [0.05, 0.1) is 6.10 Å². The number of benzene rings is 1. The number of nitrogens with zero attached hydrogens (tertiary/aromatic N) is 3. The van der Waals surface area contributed by atoms with Crippen LogP contribution in [0, 0.1) is 5.41 Å². The van der Waals surface area contributed by atoms with E-state index in [4.69, 9.17) is 5.73 Å². The van der Waals surface area contributed by atoms with E-state index in [-0.39, 0.29) is 11.5 Å². The second kappa shape index (κ2) is 9.29. The summed E-state index contributed by atoms with van der Waals surface area (Å²) >= 11 is 0. The van der Waals surface area contributed by atoms with Gasteiger partial charge in [0.15, 0.2) is 0 Å². The Morgan fingerprint density at radius 3 is 2.67 bits per heavy atom. The average Bonchev–Trinajstić information content (AvgIpc) is 2.72. The number of anilines is 1. The topological polar surface area (TPSA) is 65.6 Å². The molecule has 0 bridgehead atoms. The van der Waals surface area contributed by atoms with Gasteiger partial charge in [0.2, 0.25) is 0 Å². The number of aliphatic hydroxyl groups excluding tert-OH is 1. The van der Waals surface area contributed by atoms with Crippen LogP contribution >= 0.6 is 0 Å². The van der Waals surface area contributed by atoms with Gasteiger partial charge in [0, 0.05) is 37.9 Å². The Balaban J connectivity index is 1.34. The van der Waals surface area contributed by atoms with E-state index in [2.05, 4.69) is 58.1 Å². The maximum absolute atomic E-state index is 10.6. The van der Waals surface area contributed by atoms with Crippen LogP contribution in [0.3, 0.4) is 0 Å². The SMILES string of the molecule is C/C(=C\c1ccccc1)CN1CCC2(CC1)CC(O)CN(Cc1cccnc1N)C2. The molecule has 1 aromatic heterocycles. The van der Waals surface area contributed by atoms with Crippen molar-refractivity contribution >= 4 is 11.9 Å². The molecule has 0 amide bonds. The normalized spacial score (nSPS) is 23.0. The summed E-state index contributed by atoms with van der Waals surface area (Å²) in [7, 11) is 0. The molecule has 30 heavy (non-hydrogen) atoms. The van der Waals surface area contributed by atoms with E-state index in [1.807, 2.05) is 12.1 Å². The number of hydrogen-bond acceptors (Lipinski definition) is 5. The van der Waals surface area contributed by atoms with Crippen molar-refractivity contribution in [1.82, 2.24) is 14.8 Å². The Kier molecular flexibility index (Phi) is 6.52. The molecule has 0 radical (unpaired) electrons. The maximum Gasteiger partial charge on any atom is 0.127 e. The van der Waals surface area contributed by atoms with Crippen LogP contribution in [0.15, 0.2) is 54.2 Å². The van der Waals surface area contributed by atoms with Gasteiger partial charge in [0.25, 0.3) is 0 Å². The number of pyridine rings is 1. The van der Waals surface area contributed by atoms with Gasteiger partial charge in [-0.1, -0.05) is 48.0 Å². The van der Waals surface area contributed by atoms with E-state index in [9.17, 15) is 5.11 Å². The zero-order chi connectivity index (χ0) is 21.0. The smallest absolute Gasteiger partial charge is 0.127 e. The second-order valence-electron chi connectivity index (χ2n) is 9.25. The summed E-state index contributed by atoms with van der Waals surface area (Å²) in [5.41, 5.74) is 9.98. The molecule has 160 valence electrons. The highest BCUT2D eigenvalue weighted by Gasteiger charge is 2.41. The number of aliphatic hydroxyl groups is 1. The first kappa shape index (κ1) is 21.0. The lowest BCUT2D eigenvalue weighted by atomic mass is 9.71. The van der Waals surface area contributed by atoms with Crippen LogP contribution in [0.1, 0.15) is 37.3 Å². The second-order valence-corrected chi connectivity index (χ2v) is 9.25. The lowest BCUT2D eigenvalue weighted by Gasteiger charge is -2.49. The van der Waals surface area contributed by atoms with Gasteiger partial charge in [-0.15, -0.1) is 0 Å². The van der Waals surface area contributed by atoms with Gasteiger partial charge in [-0.05, 0) is 56.3 Å². The molecule has 0 aliphatic carbocycles. The van der Waals surface area contributed by atoms with Crippen molar-refractivity contribution in [3.63, 3.8) is 0 Å². The van der Waals surface area contributed by atoms with Gasteiger partial charge in [-0.25, -0.2) is 4.98 Å². The minimum Gasteiger partial charge on any atom is -0.392 e. The predicted octanol–water partition coefficient (Wildman–Crippen LogP) is 3.42. The van der Waals surface area contributed by atoms with Crippen LogP contribution in [0.2, 0.25) is 0 Å². The summed E-state index contributed by atoms with van der Waals surface area (Å²) in [5.74, 6) is 0.599. The molecule has 0 saturated carbocycles. The first-order chi connectivity index (χ1) is 14.5.